The van der Waals surface area contributed by atoms with E-state index in [2.05, 4.69) is 38.2 Å². The Morgan fingerprint density at radius 1 is 1.00 bits per heavy atom. The van der Waals surface area contributed by atoms with Crippen molar-refractivity contribution in [2.45, 2.75) is 26.3 Å². The third-order valence-electron chi connectivity index (χ3n) is 5.84. The molecule has 2 aliphatic heterocycles. The van der Waals surface area contributed by atoms with Crippen molar-refractivity contribution in [3.05, 3.63) is 77.1 Å². The maximum Gasteiger partial charge on any atom is 0.172 e. The van der Waals surface area contributed by atoms with E-state index in [1.54, 1.807) is 24.3 Å². The SMILES string of the molecule is COc1c(O)ccc2c1-c1ccc3c(c1/C(=C/c1ccc(F)cc1)O2)C(C)=CC(C)(C)N3. The first-order chi connectivity index (χ1) is 15.3. The fourth-order valence-electron chi connectivity index (χ4n) is 4.66. The highest BCUT2D eigenvalue weighted by Crippen LogP contribution is 2.54. The number of benzene rings is 3. The number of hydrogen-bond donors (Lipinski definition) is 2. The molecule has 162 valence electrons. The molecular weight excluding hydrogens is 405 g/mol. The highest BCUT2D eigenvalue weighted by Gasteiger charge is 2.33. The standard InChI is InChI=1S/C27H24FNO3/c1-15-14-27(2,3)29-19-10-9-18-24(23(15)19)22(13-16-5-7-17(28)8-6-16)32-21-12-11-20(30)26(31-4)25(18)21/h5-14,29-30H,1-4H3/b22-13-. The van der Waals surface area contributed by atoms with E-state index in [0.717, 1.165) is 33.5 Å². The van der Waals surface area contributed by atoms with Crippen molar-refractivity contribution in [3.8, 4) is 28.4 Å². The summed E-state index contributed by atoms with van der Waals surface area (Å²) in [6.07, 6.45) is 4.11. The van der Waals surface area contributed by atoms with Gasteiger partial charge in [0.05, 0.1) is 18.2 Å². The highest BCUT2D eigenvalue weighted by molar-refractivity contribution is 6.02. The Hall–Kier alpha value is -3.73. The first kappa shape index (κ1) is 20.2. The van der Waals surface area contributed by atoms with Crippen LogP contribution in [0.25, 0.3) is 28.5 Å². The monoisotopic (exact) mass is 429 g/mol. The number of fused-ring (bicyclic) bond motifs is 5. The lowest BCUT2D eigenvalue weighted by molar-refractivity contribution is 0.371. The van der Waals surface area contributed by atoms with Crippen molar-refractivity contribution in [3.63, 3.8) is 0 Å². The molecule has 0 fully saturated rings. The Balaban J connectivity index is 1.83. The average Bonchev–Trinajstić information content (AvgIpc) is 2.74. The summed E-state index contributed by atoms with van der Waals surface area (Å²) in [7, 11) is 1.53. The molecule has 0 aliphatic carbocycles. The number of hydrogen-bond acceptors (Lipinski definition) is 4. The summed E-state index contributed by atoms with van der Waals surface area (Å²) >= 11 is 0. The number of aromatic hydroxyl groups is 1. The maximum atomic E-state index is 13.5. The molecule has 4 nitrogen and oxygen atoms in total. The third-order valence-corrected chi connectivity index (χ3v) is 5.84. The van der Waals surface area contributed by atoms with Crippen LogP contribution in [0, 0.1) is 5.82 Å². The molecule has 2 aliphatic rings. The zero-order valence-corrected chi connectivity index (χ0v) is 18.4. The molecule has 32 heavy (non-hydrogen) atoms. The van der Waals surface area contributed by atoms with Crippen LogP contribution in [0.5, 0.6) is 17.2 Å². The summed E-state index contributed by atoms with van der Waals surface area (Å²) in [6, 6.07) is 13.7. The topological polar surface area (TPSA) is 50.7 Å². The van der Waals surface area contributed by atoms with Crippen LogP contribution in [0.2, 0.25) is 0 Å². The van der Waals surface area contributed by atoms with Crippen molar-refractivity contribution >= 4 is 23.1 Å². The average molecular weight is 429 g/mol. The van der Waals surface area contributed by atoms with Crippen LogP contribution in [0.15, 0.2) is 54.6 Å². The number of methoxy groups -OCH3 is 1. The Morgan fingerprint density at radius 2 is 1.75 bits per heavy atom. The van der Waals surface area contributed by atoms with Crippen LogP contribution in [0.4, 0.5) is 10.1 Å². The Kier molecular flexibility index (Phi) is 4.52. The van der Waals surface area contributed by atoms with Gasteiger partial charge in [-0.2, -0.15) is 0 Å². The van der Waals surface area contributed by atoms with Gasteiger partial charge in [0, 0.05) is 22.4 Å². The molecule has 0 atom stereocenters. The molecule has 2 N–H and O–H groups in total. The fourth-order valence-corrected chi connectivity index (χ4v) is 4.66. The van der Waals surface area contributed by atoms with E-state index in [4.69, 9.17) is 9.47 Å². The molecule has 3 aromatic rings. The van der Waals surface area contributed by atoms with Crippen LogP contribution >= 0.6 is 0 Å². The Morgan fingerprint density at radius 3 is 2.47 bits per heavy atom. The maximum absolute atomic E-state index is 13.5. The van der Waals surface area contributed by atoms with E-state index in [1.165, 1.54) is 19.2 Å². The molecule has 0 radical (unpaired) electrons. The lowest BCUT2D eigenvalue weighted by Crippen LogP contribution is -2.32. The van der Waals surface area contributed by atoms with E-state index < -0.39 is 0 Å². The number of phenols is 1. The molecule has 0 unspecified atom stereocenters. The van der Waals surface area contributed by atoms with Crippen molar-refractivity contribution in [1.82, 2.24) is 0 Å². The van der Waals surface area contributed by atoms with Crippen molar-refractivity contribution in [2.24, 2.45) is 0 Å². The molecule has 0 saturated heterocycles. The Bertz CT molecular complexity index is 1300. The van der Waals surface area contributed by atoms with Crippen molar-refractivity contribution in [2.75, 3.05) is 12.4 Å². The summed E-state index contributed by atoms with van der Waals surface area (Å²) in [5.74, 6) is 1.38. The van der Waals surface area contributed by atoms with E-state index in [0.29, 0.717) is 22.8 Å². The van der Waals surface area contributed by atoms with Crippen molar-refractivity contribution < 1.29 is 19.0 Å². The van der Waals surface area contributed by atoms with E-state index in [-0.39, 0.29) is 17.1 Å². The number of halogens is 1. The quantitative estimate of drug-likeness (QED) is 0.476. The van der Waals surface area contributed by atoms with Crippen LogP contribution in [-0.4, -0.2) is 17.8 Å². The second kappa shape index (κ2) is 7.16. The number of allylic oxidation sites excluding steroid dienone is 1. The molecule has 0 aromatic heterocycles. The number of nitrogens with one attached hydrogen (secondary N) is 1. The number of ether oxygens (including phenoxy) is 2. The molecule has 2 heterocycles. The first-order valence-electron chi connectivity index (χ1n) is 10.5. The van der Waals surface area contributed by atoms with Gasteiger partial charge in [0.2, 0.25) is 0 Å². The molecular formula is C27H24FNO3. The predicted octanol–water partition coefficient (Wildman–Crippen LogP) is 6.70. The zero-order chi connectivity index (χ0) is 22.6. The minimum atomic E-state index is -0.287. The summed E-state index contributed by atoms with van der Waals surface area (Å²) in [4.78, 5) is 0. The zero-order valence-electron chi connectivity index (χ0n) is 18.4. The van der Waals surface area contributed by atoms with Gasteiger partial charge in [-0.25, -0.2) is 4.39 Å². The van der Waals surface area contributed by atoms with E-state index >= 15 is 0 Å². The smallest absolute Gasteiger partial charge is 0.172 e. The predicted molar refractivity (Wildman–Crippen MR) is 126 cm³/mol. The van der Waals surface area contributed by atoms with Gasteiger partial charge >= 0.3 is 0 Å². The normalized spacial score (nSPS) is 16.8. The van der Waals surface area contributed by atoms with Crippen molar-refractivity contribution in [1.29, 1.82) is 0 Å². The van der Waals surface area contributed by atoms with Crippen LogP contribution in [0.1, 0.15) is 37.5 Å². The van der Waals surface area contributed by atoms with Crippen LogP contribution in [-0.2, 0) is 0 Å². The van der Waals surface area contributed by atoms with Gasteiger partial charge in [-0.05, 0) is 68.3 Å². The summed E-state index contributed by atoms with van der Waals surface area (Å²) in [5, 5.41) is 14.0. The first-order valence-corrected chi connectivity index (χ1v) is 10.5. The molecule has 0 saturated carbocycles. The second-order valence-corrected chi connectivity index (χ2v) is 8.74. The van der Waals surface area contributed by atoms with E-state index in [9.17, 15) is 9.50 Å². The molecule has 5 heteroatoms. The molecule has 0 bridgehead atoms. The summed E-state index contributed by atoms with van der Waals surface area (Å²) in [6.45, 7) is 6.34. The van der Waals surface area contributed by atoms with E-state index in [1.807, 2.05) is 12.1 Å². The van der Waals surface area contributed by atoms with Gasteiger partial charge in [-0.3, -0.25) is 0 Å². The van der Waals surface area contributed by atoms with Gasteiger partial charge < -0.3 is 19.9 Å². The van der Waals surface area contributed by atoms with Gasteiger partial charge in [0.25, 0.3) is 0 Å². The fraction of sp³-hybridized carbons (Fsp3) is 0.185. The Labute approximate surface area is 186 Å². The van der Waals surface area contributed by atoms with Crippen LogP contribution < -0.4 is 14.8 Å². The molecule has 0 spiro atoms. The van der Waals surface area contributed by atoms with Gasteiger partial charge in [0.15, 0.2) is 11.5 Å². The second-order valence-electron chi connectivity index (χ2n) is 8.74. The minimum absolute atomic E-state index is 0.0519. The lowest BCUT2D eigenvalue weighted by Gasteiger charge is -2.35. The van der Waals surface area contributed by atoms with Gasteiger partial charge in [-0.1, -0.05) is 24.3 Å². The summed E-state index contributed by atoms with van der Waals surface area (Å²) < 4.78 is 25.4. The van der Waals surface area contributed by atoms with Gasteiger partial charge in [-0.15, -0.1) is 0 Å². The summed E-state index contributed by atoms with van der Waals surface area (Å²) in [5.41, 5.74) is 6.31. The number of phenolic OH excluding ortho intramolecular Hbond substituents is 1. The lowest BCUT2D eigenvalue weighted by atomic mass is 9.83. The number of rotatable bonds is 2. The highest BCUT2D eigenvalue weighted by atomic mass is 19.1. The van der Waals surface area contributed by atoms with Crippen LogP contribution in [0.3, 0.4) is 0 Å². The third kappa shape index (κ3) is 3.21. The van der Waals surface area contributed by atoms with Gasteiger partial charge in [0.1, 0.15) is 17.3 Å². The molecule has 5 rings (SSSR count). The largest absolute Gasteiger partial charge is 0.504 e. The number of anilines is 1. The minimum Gasteiger partial charge on any atom is -0.504 e. The molecule has 0 amide bonds. The molecule has 3 aromatic carbocycles.